The fraction of sp³-hybridized carbons (Fsp3) is 0.588. The smallest absolute Gasteiger partial charge is 0.236 e. The van der Waals surface area contributed by atoms with Gasteiger partial charge in [-0.1, -0.05) is 18.2 Å². The van der Waals surface area contributed by atoms with Crippen molar-refractivity contribution in [2.45, 2.75) is 25.4 Å². The van der Waals surface area contributed by atoms with E-state index in [4.69, 9.17) is 4.74 Å². The van der Waals surface area contributed by atoms with Gasteiger partial charge in [-0.05, 0) is 18.9 Å². The minimum Gasteiger partial charge on any atom is -0.492 e. The molecular weight excluding hydrogens is 342 g/mol. The van der Waals surface area contributed by atoms with Gasteiger partial charge in [0.05, 0.1) is 12.8 Å². The van der Waals surface area contributed by atoms with E-state index in [1.54, 1.807) is 0 Å². The summed E-state index contributed by atoms with van der Waals surface area (Å²) < 4.78 is 31.0. The molecule has 0 spiro atoms. The van der Waals surface area contributed by atoms with Gasteiger partial charge in [-0.25, -0.2) is 13.1 Å². The normalized spacial score (nSPS) is 19.8. The van der Waals surface area contributed by atoms with Gasteiger partial charge in [0.15, 0.2) is 0 Å². The van der Waals surface area contributed by atoms with Crippen molar-refractivity contribution in [2.75, 3.05) is 39.0 Å². The van der Waals surface area contributed by atoms with Crippen LogP contribution in [0, 0.1) is 0 Å². The number of nitrogens with one attached hydrogen (secondary N) is 1. The van der Waals surface area contributed by atoms with Gasteiger partial charge in [0, 0.05) is 37.8 Å². The number of carbonyl (C=O) groups is 1. The topological polar surface area (TPSA) is 79.0 Å². The number of rotatable bonds is 4. The van der Waals surface area contributed by atoms with E-state index in [9.17, 15) is 13.2 Å². The van der Waals surface area contributed by atoms with Gasteiger partial charge in [0.1, 0.15) is 12.4 Å². The maximum Gasteiger partial charge on any atom is 0.236 e. The SMILES string of the molecule is CS(=O)(=O)NC1CCN(C(=O)CN2CCOc3ccccc3C2)CC1. The number of hydrogen-bond acceptors (Lipinski definition) is 5. The van der Waals surface area contributed by atoms with Gasteiger partial charge in [-0.15, -0.1) is 0 Å². The van der Waals surface area contributed by atoms with Crippen LogP contribution >= 0.6 is 0 Å². The molecule has 0 unspecified atom stereocenters. The van der Waals surface area contributed by atoms with E-state index in [2.05, 4.69) is 9.62 Å². The molecule has 138 valence electrons. The molecule has 1 aromatic rings. The number of para-hydroxylation sites is 1. The van der Waals surface area contributed by atoms with Gasteiger partial charge >= 0.3 is 0 Å². The first kappa shape index (κ1) is 18.2. The molecule has 0 saturated carbocycles. The highest BCUT2D eigenvalue weighted by Gasteiger charge is 2.26. The lowest BCUT2D eigenvalue weighted by molar-refractivity contribution is -0.133. The van der Waals surface area contributed by atoms with Crippen LogP contribution in [0.3, 0.4) is 0 Å². The number of likely N-dealkylation sites (tertiary alicyclic amines) is 1. The van der Waals surface area contributed by atoms with Gasteiger partial charge in [-0.2, -0.15) is 0 Å². The zero-order valence-corrected chi connectivity index (χ0v) is 15.3. The van der Waals surface area contributed by atoms with E-state index in [-0.39, 0.29) is 11.9 Å². The predicted octanol–water partition coefficient (Wildman–Crippen LogP) is 0.421. The standard InChI is InChI=1S/C17H25N3O4S/c1-25(22,23)18-15-6-8-20(9-7-15)17(21)13-19-10-11-24-16-5-3-2-4-14(16)12-19/h2-5,15,18H,6-13H2,1H3. The Bertz CT molecular complexity index is 714. The predicted molar refractivity (Wildman–Crippen MR) is 94.8 cm³/mol. The van der Waals surface area contributed by atoms with Crippen LogP contribution in [0.4, 0.5) is 0 Å². The van der Waals surface area contributed by atoms with E-state index < -0.39 is 10.0 Å². The summed E-state index contributed by atoms with van der Waals surface area (Å²) in [7, 11) is -3.19. The van der Waals surface area contributed by atoms with Crippen LogP contribution in [0.5, 0.6) is 5.75 Å². The van der Waals surface area contributed by atoms with Crippen LogP contribution in [0.25, 0.3) is 0 Å². The van der Waals surface area contributed by atoms with Gasteiger partial charge in [0.25, 0.3) is 0 Å². The average molecular weight is 367 g/mol. The minimum absolute atomic E-state index is 0.0717. The van der Waals surface area contributed by atoms with Crippen LogP contribution in [0.1, 0.15) is 18.4 Å². The van der Waals surface area contributed by atoms with Crippen LogP contribution in [0.2, 0.25) is 0 Å². The summed E-state index contributed by atoms with van der Waals surface area (Å²) in [4.78, 5) is 16.5. The quantitative estimate of drug-likeness (QED) is 0.835. The first-order valence-electron chi connectivity index (χ1n) is 8.59. The summed E-state index contributed by atoms with van der Waals surface area (Å²) in [5.74, 6) is 0.988. The Labute approximate surface area is 149 Å². The molecule has 0 bridgehead atoms. The second kappa shape index (κ2) is 7.72. The molecule has 7 nitrogen and oxygen atoms in total. The number of sulfonamides is 1. The molecule has 0 aliphatic carbocycles. The Morgan fingerprint density at radius 3 is 2.68 bits per heavy atom. The maximum atomic E-state index is 12.6. The highest BCUT2D eigenvalue weighted by molar-refractivity contribution is 7.88. The summed E-state index contributed by atoms with van der Waals surface area (Å²) in [5.41, 5.74) is 1.10. The molecule has 1 aromatic carbocycles. The molecule has 1 amide bonds. The fourth-order valence-electron chi connectivity index (χ4n) is 3.36. The van der Waals surface area contributed by atoms with E-state index in [0.717, 1.165) is 11.3 Å². The first-order valence-corrected chi connectivity index (χ1v) is 10.5. The lowest BCUT2D eigenvalue weighted by Gasteiger charge is -2.33. The van der Waals surface area contributed by atoms with Crippen molar-refractivity contribution in [3.05, 3.63) is 29.8 Å². The number of ether oxygens (including phenoxy) is 1. The Kier molecular flexibility index (Phi) is 5.61. The van der Waals surface area contributed by atoms with Crippen LogP contribution in [0.15, 0.2) is 24.3 Å². The Morgan fingerprint density at radius 1 is 1.24 bits per heavy atom. The van der Waals surface area contributed by atoms with Crippen LogP contribution in [-0.2, 0) is 21.4 Å². The second-order valence-corrected chi connectivity index (χ2v) is 8.49. The lowest BCUT2D eigenvalue weighted by atomic mass is 10.1. The summed E-state index contributed by atoms with van der Waals surface area (Å²) in [6.45, 7) is 3.53. The van der Waals surface area contributed by atoms with Crippen molar-refractivity contribution in [2.24, 2.45) is 0 Å². The van der Waals surface area contributed by atoms with Crippen molar-refractivity contribution in [1.29, 1.82) is 0 Å². The minimum atomic E-state index is -3.19. The van der Waals surface area contributed by atoms with Crippen LogP contribution < -0.4 is 9.46 Å². The van der Waals surface area contributed by atoms with Crippen molar-refractivity contribution in [3.63, 3.8) is 0 Å². The highest BCUT2D eigenvalue weighted by atomic mass is 32.2. The monoisotopic (exact) mass is 367 g/mol. The van der Waals surface area contributed by atoms with Crippen molar-refractivity contribution >= 4 is 15.9 Å². The zero-order valence-electron chi connectivity index (χ0n) is 14.5. The van der Waals surface area contributed by atoms with Crippen molar-refractivity contribution < 1.29 is 17.9 Å². The van der Waals surface area contributed by atoms with Crippen molar-refractivity contribution in [3.8, 4) is 5.75 Å². The number of carbonyl (C=O) groups excluding carboxylic acids is 1. The number of benzene rings is 1. The molecule has 3 rings (SSSR count). The number of fused-ring (bicyclic) bond motifs is 1. The second-order valence-electron chi connectivity index (χ2n) is 6.71. The molecule has 1 saturated heterocycles. The third-order valence-corrected chi connectivity index (χ3v) is 5.38. The fourth-order valence-corrected chi connectivity index (χ4v) is 4.20. The third-order valence-electron chi connectivity index (χ3n) is 4.62. The largest absolute Gasteiger partial charge is 0.492 e. The Hall–Kier alpha value is -1.64. The Morgan fingerprint density at radius 2 is 1.96 bits per heavy atom. The molecule has 2 aliphatic rings. The molecule has 8 heteroatoms. The van der Waals surface area contributed by atoms with E-state index in [1.165, 1.54) is 6.26 Å². The summed E-state index contributed by atoms with van der Waals surface area (Å²) in [6, 6.07) is 7.85. The van der Waals surface area contributed by atoms with E-state index >= 15 is 0 Å². The van der Waals surface area contributed by atoms with Crippen LogP contribution in [-0.4, -0.2) is 69.2 Å². The summed E-state index contributed by atoms with van der Waals surface area (Å²) in [5, 5.41) is 0. The molecule has 0 atom stereocenters. The molecule has 1 fully saturated rings. The molecule has 1 N–H and O–H groups in total. The zero-order chi connectivity index (χ0) is 17.9. The molecule has 0 aromatic heterocycles. The first-order chi connectivity index (χ1) is 11.9. The number of piperidine rings is 1. The molecule has 2 heterocycles. The Balaban J connectivity index is 1.51. The molecule has 25 heavy (non-hydrogen) atoms. The maximum absolute atomic E-state index is 12.6. The molecular formula is C17H25N3O4S. The third kappa shape index (κ3) is 5.17. The van der Waals surface area contributed by atoms with E-state index in [0.29, 0.717) is 52.2 Å². The summed E-state index contributed by atoms with van der Waals surface area (Å²) >= 11 is 0. The van der Waals surface area contributed by atoms with Gasteiger partial charge in [0.2, 0.25) is 15.9 Å². The van der Waals surface area contributed by atoms with Gasteiger partial charge < -0.3 is 9.64 Å². The number of nitrogens with zero attached hydrogens (tertiary/aromatic N) is 2. The molecule has 2 aliphatic heterocycles. The average Bonchev–Trinajstić information content (AvgIpc) is 2.75. The lowest BCUT2D eigenvalue weighted by Crippen LogP contribution is -2.48. The van der Waals surface area contributed by atoms with Gasteiger partial charge in [-0.3, -0.25) is 9.69 Å². The van der Waals surface area contributed by atoms with E-state index in [1.807, 2.05) is 29.2 Å². The highest BCUT2D eigenvalue weighted by Crippen LogP contribution is 2.22. The molecule has 0 radical (unpaired) electrons. The number of hydrogen-bond donors (Lipinski definition) is 1. The summed E-state index contributed by atoms with van der Waals surface area (Å²) in [6.07, 6.45) is 2.49. The van der Waals surface area contributed by atoms with Crippen molar-refractivity contribution in [1.82, 2.24) is 14.5 Å². The number of amides is 1.